The van der Waals surface area contributed by atoms with Gasteiger partial charge in [-0.2, -0.15) is 0 Å². The van der Waals surface area contributed by atoms with Gasteiger partial charge in [0, 0.05) is 17.2 Å². The first kappa shape index (κ1) is 28.4. The summed E-state index contributed by atoms with van der Waals surface area (Å²) in [5, 5.41) is 93.4. The van der Waals surface area contributed by atoms with Crippen LogP contribution in [0.3, 0.4) is 0 Å². The van der Waals surface area contributed by atoms with Gasteiger partial charge < -0.3 is 64.9 Å². The summed E-state index contributed by atoms with van der Waals surface area (Å²) in [7, 11) is 0. The van der Waals surface area contributed by atoms with Crippen molar-refractivity contribution in [3.8, 4) is 57.1 Å². The maximum atomic E-state index is 13.4. The smallest absolute Gasteiger partial charge is 0.339 e. The number of carbonyl (C=O) groups is 2. The zero-order valence-electron chi connectivity index (χ0n) is 21.5. The van der Waals surface area contributed by atoms with Gasteiger partial charge in [0.1, 0.15) is 36.4 Å². The Hall–Kier alpha value is -5.12. The van der Waals surface area contributed by atoms with Crippen LogP contribution < -0.4 is 4.74 Å². The number of cyclic esters (lactones) is 1. The van der Waals surface area contributed by atoms with Crippen LogP contribution in [0.5, 0.6) is 46.0 Å². The van der Waals surface area contributed by atoms with Crippen molar-refractivity contribution in [2.45, 2.75) is 37.6 Å². The maximum absolute atomic E-state index is 13.4. The molecule has 0 saturated carbocycles. The Balaban J connectivity index is 1.62. The molecule has 0 aliphatic carbocycles. The summed E-state index contributed by atoms with van der Waals surface area (Å²) in [6.07, 6.45) is -8.75. The van der Waals surface area contributed by atoms with Gasteiger partial charge in [-0.25, -0.2) is 9.59 Å². The van der Waals surface area contributed by atoms with Crippen LogP contribution in [0.25, 0.3) is 11.1 Å². The zero-order chi connectivity index (χ0) is 30.6. The molecule has 5 rings (SSSR count). The van der Waals surface area contributed by atoms with Crippen LogP contribution in [-0.4, -0.2) is 95.2 Å². The largest absolute Gasteiger partial charge is 0.508 e. The van der Waals surface area contributed by atoms with Crippen molar-refractivity contribution in [2.75, 3.05) is 6.61 Å². The Kier molecular flexibility index (Phi) is 7.01. The second kappa shape index (κ2) is 10.4. The highest BCUT2D eigenvalue weighted by Gasteiger charge is 2.49. The summed E-state index contributed by atoms with van der Waals surface area (Å²) in [5.74, 6) is -9.69. The lowest BCUT2D eigenvalue weighted by atomic mass is 9.92. The van der Waals surface area contributed by atoms with Gasteiger partial charge in [-0.05, 0) is 36.8 Å². The van der Waals surface area contributed by atoms with Crippen molar-refractivity contribution >= 4 is 11.9 Å². The number of rotatable bonds is 2. The van der Waals surface area contributed by atoms with E-state index in [9.17, 15) is 55.5 Å². The van der Waals surface area contributed by atoms with Gasteiger partial charge in [-0.15, -0.1) is 0 Å². The normalized spacial score (nSPS) is 23.8. The van der Waals surface area contributed by atoms with Crippen molar-refractivity contribution in [3.63, 3.8) is 0 Å². The third-order valence-electron chi connectivity index (χ3n) is 6.75. The van der Waals surface area contributed by atoms with Gasteiger partial charge in [0.25, 0.3) is 0 Å². The monoisotopic (exact) mass is 588 g/mol. The highest BCUT2D eigenvalue weighted by molar-refractivity contribution is 6.08. The molecule has 3 aromatic rings. The third-order valence-corrected chi connectivity index (χ3v) is 6.75. The molecule has 0 amide bonds. The number of aliphatic hydroxyl groups is 2. The third kappa shape index (κ3) is 4.74. The van der Waals surface area contributed by atoms with Crippen molar-refractivity contribution in [2.24, 2.45) is 0 Å². The molecule has 0 bridgehead atoms. The average Bonchev–Trinajstić information content (AvgIpc) is 2.94. The van der Waals surface area contributed by atoms with Crippen molar-refractivity contribution in [3.05, 3.63) is 47.0 Å². The van der Waals surface area contributed by atoms with E-state index in [1.807, 2.05) is 0 Å². The van der Waals surface area contributed by atoms with Gasteiger partial charge in [0.2, 0.25) is 17.8 Å². The molecule has 1 saturated heterocycles. The molecule has 3 aromatic carbocycles. The fourth-order valence-electron chi connectivity index (χ4n) is 4.75. The Morgan fingerprint density at radius 3 is 1.88 bits per heavy atom. The summed E-state index contributed by atoms with van der Waals surface area (Å²) >= 11 is 0. The highest BCUT2D eigenvalue weighted by atomic mass is 16.7. The number of hydrogen-bond donors (Lipinski definition) is 9. The van der Waals surface area contributed by atoms with Gasteiger partial charge >= 0.3 is 11.9 Å². The van der Waals surface area contributed by atoms with Crippen molar-refractivity contribution in [1.82, 2.24) is 0 Å². The fraction of sp³-hybridized carbons (Fsp3) is 0.259. The van der Waals surface area contributed by atoms with Crippen LogP contribution in [0.2, 0.25) is 0 Å². The summed E-state index contributed by atoms with van der Waals surface area (Å²) < 4.78 is 21.9. The molecule has 2 aliphatic heterocycles. The second-order valence-corrected chi connectivity index (χ2v) is 9.65. The van der Waals surface area contributed by atoms with Crippen LogP contribution in [0, 0.1) is 6.92 Å². The lowest BCUT2D eigenvalue weighted by Gasteiger charge is -2.41. The van der Waals surface area contributed by atoms with E-state index in [-0.39, 0.29) is 11.5 Å². The van der Waals surface area contributed by atoms with Gasteiger partial charge in [0.15, 0.2) is 29.1 Å². The van der Waals surface area contributed by atoms with Crippen LogP contribution in [0.1, 0.15) is 26.3 Å². The fourth-order valence-corrected chi connectivity index (χ4v) is 4.75. The number of ether oxygens (including phenoxy) is 4. The highest BCUT2D eigenvalue weighted by Crippen LogP contribution is 2.52. The molecule has 42 heavy (non-hydrogen) atoms. The van der Waals surface area contributed by atoms with E-state index in [0.717, 1.165) is 0 Å². The summed E-state index contributed by atoms with van der Waals surface area (Å²) in [5.41, 5.74) is -2.52. The van der Waals surface area contributed by atoms with E-state index < -0.39 is 106 Å². The molecule has 222 valence electrons. The van der Waals surface area contributed by atoms with Gasteiger partial charge in [-0.1, -0.05) is 0 Å². The van der Waals surface area contributed by atoms with Crippen LogP contribution in [0.15, 0.2) is 30.3 Å². The van der Waals surface area contributed by atoms with Crippen molar-refractivity contribution in [1.29, 1.82) is 0 Å². The average molecular weight is 588 g/mol. The first-order chi connectivity index (χ1) is 19.8. The first-order valence-electron chi connectivity index (χ1n) is 12.2. The zero-order valence-corrected chi connectivity index (χ0v) is 21.5. The standard InChI is InChI=1S/C27H24O15/c1-8-2-9(28)4-10(3-8)40-27-23(36)22(35)24-15(41-27)7-39-25(37)11-5-13(29)18(31)20(33)16(11)17-12(26(38)42-24)6-14(30)19(32)21(17)34/h2-6,15,22-24,27-36H,7H2,1H3/t15-,22-,23-,24-,27-/m1/s1. The maximum Gasteiger partial charge on any atom is 0.339 e. The molecule has 9 N–H and O–H groups in total. The number of aryl methyl sites for hydroxylation is 1. The predicted octanol–water partition coefficient (Wildman–Crippen LogP) is 0.823. The van der Waals surface area contributed by atoms with E-state index in [1.54, 1.807) is 6.92 Å². The van der Waals surface area contributed by atoms with Crippen LogP contribution in [-0.2, 0) is 14.2 Å². The molecule has 0 aromatic heterocycles. The summed E-state index contributed by atoms with van der Waals surface area (Å²) in [4.78, 5) is 26.6. The van der Waals surface area contributed by atoms with E-state index in [1.165, 1.54) is 18.2 Å². The van der Waals surface area contributed by atoms with E-state index in [2.05, 4.69) is 0 Å². The molecule has 15 nitrogen and oxygen atoms in total. The van der Waals surface area contributed by atoms with Crippen molar-refractivity contribution < 1.29 is 74.5 Å². The topological polar surface area (TPSA) is 253 Å². The van der Waals surface area contributed by atoms with E-state index >= 15 is 0 Å². The number of phenolic OH excluding ortho intramolecular Hbond substituents is 7. The SMILES string of the molecule is Cc1cc(O)cc(O[C@@H]2O[C@@H]3COC(=O)c4cc(O)c(O)c(O)c4-c4c(cc(O)c(O)c4O)C(=O)O[C@H]3[C@H](O)[C@H]2O)c1. The second-order valence-electron chi connectivity index (χ2n) is 9.65. The Morgan fingerprint density at radius 1 is 0.738 bits per heavy atom. The lowest BCUT2D eigenvalue weighted by molar-refractivity contribution is -0.276. The number of hydrogen-bond acceptors (Lipinski definition) is 15. The number of benzene rings is 3. The molecule has 1 fully saturated rings. The number of phenols is 7. The van der Waals surface area contributed by atoms with Crippen LogP contribution >= 0.6 is 0 Å². The molecule has 5 atom stereocenters. The lowest BCUT2D eigenvalue weighted by Crippen LogP contribution is -2.61. The van der Waals surface area contributed by atoms with Crippen LogP contribution in [0.4, 0.5) is 0 Å². The van der Waals surface area contributed by atoms with E-state index in [4.69, 9.17) is 18.9 Å². The summed E-state index contributed by atoms with van der Waals surface area (Å²) in [6, 6.07) is 5.38. The van der Waals surface area contributed by atoms with Gasteiger partial charge in [-0.3, -0.25) is 0 Å². The van der Waals surface area contributed by atoms with E-state index in [0.29, 0.717) is 17.7 Å². The Morgan fingerprint density at radius 2 is 1.31 bits per heavy atom. The molecule has 0 spiro atoms. The van der Waals surface area contributed by atoms with Gasteiger partial charge in [0.05, 0.1) is 11.1 Å². The minimum Gasteiger partial charge on any atom is -0.508 e. The number of esters is 2. The molecular formula is C27H24O15. The Bertz CT molecular complexity index is 1580. The Labute approximate surface area is 235 Å². The molecule has 0 radical (unpaired) electrons. The first-order valence-corrected chi connectivity index (χ1v) is 12.2. The molecule has 2 aliphatic rings. The molecule has 0 unspecified atom stereocenters. The quantitative estimate of drug-likeness (QED) is 0.148. The molecule has 15 heteroatoms. The predicted molar refractivity (Wildman–Crippen MR) is 135 cm³/mol. The summed E-state index contributed by atoms with van der Waals surface area (Å²) in [6.45, 7) is 0.874. The minimum atomic E-state index is -1.94. The molecule has 2 heterocycles. The number of aliphatic hydroxyl groups excluding tert-OH is 2. The number of aromatic hydroxyl groups is 7. The number of fused-ring (bicyclic) bond motifs is 4. The number of carbonyl (C=O) groups excluding carboxylic acids is 2. The minimum absolute atomic E-state index is 0.0345. The molecular weight excluding hydrogens is 564 g/mol.